The number of carbonyl (C=O) groups is 1. The normalized spacial score (nSPS) is 19.3. The lowest BCUT2D eigenvalue weighted by atomic mass is 10.1. The molecule has 208 valence electrons. The van der Waals surface area contributed by atoms with E-state index in [4.69, 9.17) is 0 Å². The number of likely N-dealkylation sites (tertiary alicyclic amines) is 1. The molecule has 0 saturated carbocycles. The second kappa shape index (κ2) is 11.4. The Balaban J connectivity index is 1.19. The quantitative estimate of drug-likeness (QED) is 0.359. The number of carbonyl (C=O) groups excluding carboxylic acids is 1. The summed E-state index contributed by atoms with van der Waals surface area (Å²) >= 11 is 0. The first kappa shape index (κ1) is 26.5. The molecule has 0 bridgehead atoms. The van der Waals surface area contributed by atoms with E-state index in [-0.39, 0.29) is 23.3 Å². The lowest BCUT2D eigenvalue weighted by Crippen LogP contribution is -2.53. The third-order valence-corrected chi connectivity index (χ3v) is 7.78. The number of halogens is 2. The number of benzene rings is 3. The number of rotatable bonds is 6. The molecule has 0 unspecified atom stereocenters. The van der Waals surface area contributed by atoms with E-state index in [1.807, 2.05) is 53.4 Å². The summed E-state index contributed by atoms with van der Waals surface area (Å²) in [5, 5.41) is 22.1. The van der Waals surface area contributed by atoms with Crippen molar-refractivity contribution in [1.82, 2.24) is 30.0 Å². The van der Waals surface area contributed by atoms with E-state index in [1.54, 1.807) is 6.07 Å². The Morgan fingerprint density at radius 1 is 0.976 bits per heavy atom. The van der Waals surface area contributed by atoms with E-state index in [1.165, 1.54) is 10.9 Å². The van der Waals surface area contributed by atoms with Gasteiger partial charge in [0.1, 0.15) is 17.7 Å². The third-order valence-electron chi connectivity index (χ3n) is 7.78. The molecule has 3 heterocycles. The number of para-hydroxylation sites is 1. The van der Waals surface area contributed by atoms with E-state index in [0.29, 0.717) is 51.3 Å². The molecule has 1 amide bonds. The number of nitriles is 1. The average Bonchev–Trinajstić information content (AvgIpc) is 3.65. The molecular weight excluding hydrogens is 526 g/mol. The maximum Gasteiger partial charge on any atom is 0.240 e. The highest BCUT2D eigenvalue weighted by molar-refractivity contribution is 5.82. The second-order valence-electron chi connectivity index (χ2n) is 10.3. The molecule has 2 saturated heterocycles. The van der Waals surface area contributed by atoms with Gasteiger partial charge in [-0.05, 0) is 41.5 Å². The van der Waals surface area contributed by atoms with Crippen molar-refractivity contribution in [3.8, 4) is 17.5 Å². The Kier molecular flexibility index (Phi) is 7.39. The molecular formula is C30H28F2N8O. The lowest BCUT2D eigenvalue weighted by molar-refractivity contribution is -0.136. The summed E-state index contributed by atoms with van der Waals surface area (Å²) in [6.45, 7) is 3.47. The van der Waals surface area contributed by atoms with Crippen LogP contribution in [0.25, 0.3) is 11.4 Å². The van der Waals surface area contributed by atoms with E-state index in [0.717, 1.165) is 23.4 Å². The Morgan fingerprint density at radius 2 is 1.73 bits per heavy atom. The van der Waals surface area contributed by atoms with Crippen LogP contribution in [0.15, 0.2) is 72.8 Å². The van der Waals surface area contributed by atoms with Crippen LogP contribution in [-0.2, 0) is 11.3 Å². The largest absolute Gasteiger partial charge is 0.367 e. The Bertz CT molecular complexity index is 1580. The fourth-order valence-electron chi connectivity index (χ4n) is 5.68. The van der Waals surface area contributed by atoms with Gasteiger partial charge >= 0.3 is 0 Å². The molecule has 0 spiro atoms. The van der Waals surface area contributed by atoms with Crippen LogP contribution in [0.4, 0.5) is 14.5 Å². The number of piperazine rings is 1. The van der Waals surface area contributed by atoms with Gasteiger partial charge in [-0.3, -0.25) is 9.69 Å². The van der Waals surface area contributed by atoms with Crippen molar-refractivity contribution in [2.75, 3.05) is 37.6 Å². The average molecular weight is 555 g/mol. The fraction of sp³-hybridized carbons (Fsp3) is 0.300. The predicted octanol–water partition coefficient (Wildman–Crippen LogP) is 3.65. The standard InChI is InChI=1S/C30H28F2N8O/c31-23-10-11-25(26(32)16-23)29-34-36-40(35-29)24-17-28(39(20-24)19-21-6-2-1-3-7-21)30(41)38-14-12-37(13-15-38)27-9-5-4-8-22(27)18-33/h1-11,16,24,28H,12-15,17,19-20H2/t24-,28-/m0/s1. The van der Waals surface area contributed by atoms with Crippen molar-refractivity contribution < 1.29 is 13.6 Å². The number of tetrazole rings is 1. The first-order chi connectivity index (χ1) is 20.0. The Morgan fingerprint density at radius 3 is 2.49 bits per heavy atom. The van der Waals surface area contributed by atoms with Crippen molar-refractivity contribution in [2.24, 2.45) is 0 Å². The maximum atomic E-state index is 14.3. The molecule has 2 aliphatic rings. The van der Waals surface area contributed by atoms with Crippen molar-refractivity contribution in [3.63, 3.8) is 0 Å². The molecule has 1 aromatic heterocycles. The van der Waals surface area contributed by atoms with Crippen LogP contribution in [0.3, 0.4) is 0 Å². The summed E-state index contributed by atoms with van der Waals surface area (Å²) in [5.74, 6) is -1.32. The fourth-order valence-corrected chi connectivity index (χ4v) is 5.68. The van der Waals surface area contributed by atoms with Gasteiger partial charge in [0.25, 0.3) is 0 Å². The highest BCUT2D eigenvalue weighted by Gasteiger charge is 2.41. The summed E-state index contributed by atoms with van der Waals surface area (Å²) in [4.78, 5) is 21.5. The van der Waals surface area contributed by atoms with Gasteiger partial charge in [-0.2, -0.15) is 10.1 Å². The van der Waals surface area contributed by atoms with Crippen LogP contribution in [0.5, 0.6) is 0 Å². The second-order valence-corrected chi connectivity index (χ2v) is 10.3. The number of amides is 1. The minimum absolute atomic E-state index is 0.0431. The molecule has 0 aliphatic carbocycles. The van der Waals surface area contributed by atoms with Crippen molar-refractivity contribution >= 4 is 11.6 Å². The summed E-state index contributed by atoms with van der Waals surface area (Å²) in [6.07, 6.45) is 0.477. The van der Waals surface area contributed by atoms with Gasteiger partial charge in [0.05, 0.1) is 28.9 Å². The highest BCUT2D eigenvalue weighted by atomic mass is 19.1. The van der Waals surface area contributed by atoms with Crippen molar-refractivity contribution in [2.45, 2.75) is 25.0 Å². The molecule has 2 aliphatic heterocycles. The summed E-state index contributed by atoms with van der Waals surface area (Å²) in [6, 6.07) is 22.3. The van der Waals surface area contributed by atoms with Crippen LogP contribution in [0, 0.1) is 23.0 Å². The van der Waals surface area contributed by atoms with E-state index in [2.05, 4.69) is 31.3 Å². The van der Waals surface area contributed by atoms with E-state index in [9.17, 15) is 18.8 Å². The zero-order valence-corrected chi connectivity index (χ0v) is 22.3. The first-order valence-electron chi connectivity index (χ1n) is 13.6. The maximum absolute atomic E-state index is 14.3. The van der Waals surface area contributed by atoms with Crippen LogP contribution < -0.4 is 4.90 Å². The van der Waals surface area contributed by atoms with Gasteiger partial charge in [0, 0.05) is 45.3 Å². The minimum atomic E-state index is -0.758. The van der Waals surface area contributed by atoms with E-state index >= 15 is 0 Å². The zero-order chi connectivity index (χ0) is 28.3. The van der Waals surface area contributed by atoms with Gasteiger partial charge in [-0.15, -0.1) is 10.2 Å². The zero-order valence-electron chi connectivity index (χ0n) is 22.3. The Hall–Kier alpha value is -4.69. The number of anilines is 1. The molecule has 41 heavy (non-hydrogen) atoms. The molecule has 6 rings (SSSR count). The lowest BCUT2D eigenvalue weighted by Gasteiger charge is -2.38. The predicted molar refractivity (Wildman–Crippen MR) is 147 cm³/mol. The molecule has 4 aromatic rings. The molecule has 2 fully saturated rings. The van der Waals surface area contributed by atoms with Crippen LogP contribution in [-0.4, -0.2) is 74.7 Å². The summed E-state index contributed by atoms with van der Waals surface area (Å²) in [5.41, 5.74) is 2.67. The number of aromatic nitrogens is 4. The molecule has 2 atom stereocenters. The molecule has 9 nitrogen and oxygen atoms in total. The first-order valence-corrected chi connectivity index (χ1v) is 13.6. The minimum Gasteiger partial charge on any atom is -0.367 e. The van der Waals surface area contributed by atoms with Gasteiger partial charge < -0.3 is 9.80 Å². The Labute approximate surface area is 236 Å². The number of hydrogen-bond acceptors (Lipinski definition) is 7. The summed E-state index contributed by atoms with van der Waals surface area (Å²) in [7, 11) is 0. The molecule has 0 N–H and O–H groups in total. The smallest absolute Gasteiger partial charge is 0.240 e. The summed E-state index contributed by atoms with van der Waals surface area (Å²) < 4.78 is 27.7. The van der Waals surface area contributed by atoms with Gasteiger partial charge in [-0.1, -0.05) is 42.5 Å². The monoisotopic (exact) mass is 554 g/mol. The van der Waals surface area contributed by atoms with Crippen LogP contribution in [0.2, 0.25) is 0 Å². The molecule has 3 aromatic carbocycles. The van der Waals surface area contributed by atoms with Gasteiger partial charge in [0.2, 0.25) is 11.7 Å². The topological polar surface area (TPSA) is 94.2 Å². The SMILES string of the molecule is N#Cc1ccccc1N1CCN(C(=O)[C@@H]2C[C@H](n3nnc(-c4ccc(F)cc4F)n3)CN2Cc2ccccc2)CC1. The van der Waals surface area contributed by atoms with E-state index < -0.39 is 17.7 Å². The van der Waals surface area contributed by atoms with Gasteiger partial charge in [0.15, 0.2) is 0 Å². The van der Waals surface area contributed by atoms with Crippen molar-refractivity contribution in [3.05, 3.63) is 95.6 Å². The van der Waals surface area contributed by atoms with Gasteiger partial charge in [-0.25, -0.2) is 8.78 Å². The number of hydrogen-bond donors (Lipinski definition) is 0. The number of nitrogens with zero attached hydrogens (tertiary/aromatic N) is 8. The highest BCUT2D eigenvalue weighted by Crippen LogP contribution is 2.31. The molecule has 11 heteroatoms. The molecule has 0 radical (unpaired) electrons. The third kappa shape index (κ3) is 5.51. The van der Waals surface area contributed by atoms with Crippen molar-refractivity contribution in [1.29, 1.82) is 5.26 Å². The van der Waals surface area contributed by atoms with Crippen LogP contribution >= 0.6 is 0 Å². The van der Waals surface area contributed by atoms with Crippen LogP contribution in [0.1, 0.15) is 23.6 Å².